The molecule has 0 saturated carbocycles. The molecule has 2 fully saturated rings. The second-order valence-electron chi connectivity index (χ2n) is 8.50. The SMILES string of the molecule is CC(C)(C)OC(=O)N(C[C@@H]1CCC(=O)N1)B1OC(C)(C)C(C)(C)O1. The van der Waals surface area contributed by atoms with Gasteiger partial charge < -0.3 is 19.4 Å². The minimum absolute atomic E-state index is 0.00180. The first-order chi connectivity index (χ1) is 10.8. The molecule has 0 aromatic carbocycles. The number of hydrogen-bond acceptors (Lipinski definition) is 5. The Hall–Kier alpha value is -1.28. The molecule has 2 heterocycles. The fraction of sp³-hybridized carbons (Fsp3) is 0.875. The Kier molecular flexibility index (Phi) is 4.94. The van der Waals surface area contributed by atoms with Crippen LogP contribution in [-0.2, 0) is 18.8 Å². The van der Waals surface area contributed by atoms with Crippen molar-refractivity contribution in [1.29, 1.82) is 0 Å². The second kappa shape index (κ2) is 6.22. The summed E-state index contributed by atoms with van der Waals surface area (Å²) in [5, 5.41) is 2.87. The van der Waals surface area contributed by atoms with Crippen molar-refractivity contribution in [3.63, 3.8) is 0 Å². The van der Waals surface area contributed by atoms with Gasteiger partial charge in [0.15, 0.2) is 0 Å². The van der Waals surface area contributed by atoms with Gasteiger partial charge in [0.1, 0.15) is 5.60 Å². The minimum Gasteiger partial charge on any atom is -0.444 e. The Labute approximate surface area is 144 Å². The highest BCUT2D eigenvalue weighted by atomic mass is 16.7. The van der Waals surface area contributed by atoms with E-state index in [1.54, 1.807) is 0 Å². The summed E-state index contributed by atoms with van der Waals surface area (Å²) in [7, 11) is -0.845. The summed E-state index contributed by atoms with van der Waals surface area (Å²) in [5.41, 5.74) is -1.74. The molecule has 0 radical (unpaired) electrons. The van der Waals surface area contributed by atoms with Gasteiger partial charge in [-0.3, -0.25) is 9.61 Å². The molecule has 2 amide bonds. The third kappa shape index (κ3) is 4.22. The zero-order valence-electron chi connectivity index (χ0n) is 15.8. The van der Waals surface area contributed by atoms with Crippen molar-refractivity contribution < 1.29 is 23.6 Å². The predicted octanol–water partition coefficient (Wildman–Crippen LogP) is 2.09. The Morgan fingerprint density at radius 2 is 1.83 bits per heavy atom. The number of amides is 2. The van der Waals surface area contributed by atoms with Crippen LogP contribution in [0.3, 0.4) is 0 Å². The number of nitrogens with one attached hydrogen (secondary N) is 1. The Morgan fingerprint density at radius 1 is 1.29 bits per heavy atom. The first-order valence-electron chi connectivity index (χ1n) is 8.45. The molecular formula is C16H29BN2O5. The van der Waals surface area contributed by atoms with Gasteiger partial charge in [-0.2, -0.15) is 0 Å². The molecule has 2 rings (SSSR count). The van der Waals surface area contributed by atoms with Gasteiger partial charge in [0, 0.05) is 19.0 Å². The average Bonchev–Trinajstić information content (AvgIpc) is 2.85. The van der Waals surface area contributed by atoms with Gasteiger partial charge in [-0.25, -0.2) is 4.79 Å². The van der Waals surface area contributed by atoms with Crippen molar-refractivity contribution in [3.8, 4) is 0 Å². The van der Waals surface area contributed by atoms with Crippen LogP contribution in [0.5, 0.6) is 0 Å². The van der Waals surface area contributed by atoms with Crippen molar-refractivity contribution in [2.24, 2.45) is 0 Å². The number of nitrogens with zero attached hydrogens (tertiary/aromatic N) is 1. The van der Waals surface area contributed by atoms with Gasteiger partial charge in [-0.05, 0) is 54.9 Å². The summed E-state index contributed by atoms with van der Waals surface area (Å²) in [6.45, 7) is 13.4. The Morgan fingerprint density at radius 3 is 2.25 bits per heavy atom. The third-order valence-electron chi connectivity index (χ3n) is 4.63. The number of carbonyl (C=O) groups is 2. The molecule has 2 saturated heterocycles. The van der Waals surface area contributed by atoms with E-state index in [4.69, 9.17) is 14.0 Å². The normalized spacial score (nSPS) is 25.5. The summed E-state index contributed by atoms with van der Waals surface area (Å²) in [6.07, 6.45) is 0.635. The van der Waals surface area contributed by atoms with E-state index in [9.17, 15) is 9.59 Å². The van der Waals surface area contributed by atoms with E-state index in [0.29, 0.717) is 12.8 Å². The fourth-order valence-electron chi connectivity index (χ4n) is 2.56. The smallest absolute Gasteiger partial charge is 0.444 e. The van der Waals surface area contributed by atoms with Crippen molar-refractivity contribution in [1.82, 2.24) is 10.1 Å². The maximum absolute atomic E-state index is 12.7. The highest BCUT2D eigenvalue weighted by molar-refractivity contribution is 6.45. The van der Waals surface area contributed by atoms with E-state index >= 15 is 0 Å². The zero-order chi connectivity index (χ0) is 18.3. The van der Waals surface area contributed by atoms with Gasteiger partial charge >= 0.3 is 13.3 Å². The summed E-state index contributed by atoms with van der Waals surface area (Å²) >= 11 is 0. The number of ether oxygens (including phenoxy) is 1. The van der Waals surface area contributed by atoms with E-state index < -0.39 is 30.1 Å². The molecule has 1 N–H and O–H groups in total. The van der Waals surface area contributed by atoms with Crippen molar-refractivity contribution >= 4 is 19.3 Å². The molecule has 136 valence electrons. The van der Waals surface area contributed by atoms with Crippen LogP contribution in [0.15, 0.2) is 0 Å². The van der Waals surface area contributed by atoms with Crippen LogP contribution in [0.1, 0.15) is 61.3 Å². The molecule has 0 spiro atoms. The molecule has 0 unspecified atom stereocenters. The van der Waals surface area contributed by atoms with Crippen LogP contribution in [0.2, 0.25) is 0 Å². The molecule has 24 heavy (non-hydrogen) atoms. The van der Waals surface area contributed by atoms with Gasteiger partial charge in [0.2, 0.25) is 5.91 Å². The predicted molar refractivity (Wildman–Crippen MR) is 90.2 cm³/mol. The number of rotatable bonds is 3. The van der Waals surface area contributed by atoms with Crippen LogP contribution in [0, 0.1) is 0 Å². The van der Waals surface area contributed by atoms with Crippen LogP contribution < -0.4 is 5.32 Å². The monoisotopic (exact) mass is 340 g/mol. The maximum atomic E-state index is 12.7. The first kappa shape index (κ1) is 19.1. The minimum atomic E-state index is -0.845. The summed E-state index contributed by atoms with van der Waals surface area (Å²) in [4.78, 5) is 25.5. The summed E-state index contributed by atoms with van der Waals surface area (Å²) < 4.78 is 17.5. The molecular weight excluding hydrogens is 311 g/mol. The number of hydrogen-bond donors (Lipinski definition) is 1. The standard InChI is InChI=1S/C16H29BN2O5/c1-14(2,3)22-13(21)19(10-11-8-9-12(20)18-11)17-23-15(4,5)16(6,7)24-17/h11H,8-10H2,1-7H3,(H,18,20)/t11-/m0/s1. The third-order valence-corrected chi connectivity index (χ3v) is 4.63. The lowest BCUT2D eigenvalue weighted by atomic mass is 9.90. The lowest BCUT2D eigenvalue weighted by molar-refractivity contribution is -0.119. The molecule has 2 aliphatic rings. The van der Waals surface area contributed by atoms with Crippen LogP contribution in [-0.4, -0.2) is 53.5 Å². The largest absolute Gasteiger partial charge is 0.599 e. The van der Waals surface area contributed by atoms with Gasteiger partial charge in [0.25, 0.3) is 0 Å². The molecule has 0 aromatic heterocycles. The molecule has 0 aromatic rings. The Balaban J connectivity index is 2.16. The fourth-order valence-corrected chi connectivity index (χ4v) is 2.56. The maximum Gasteiger partial charge on any atom is 0.599 e. The number of carbonyl (C=O) groups excluding carboxylic acids is 2. The van der Waals surface area contributed by atoms with E-state index in [0.717, 1.165) is 0 Å². The molecule has 0 bridgehead atoms. The van der Waals surface area contributed by atoms with E-state index in [1.807, 2.05) is 48.5 Å². The topological polar surface area (TPSA) is 77.1 Å². The van der Waals surface area contributed by atoms with Crippen LogP contribution >= 0.6 is 0 Å². The average molecular weight is 340 g/mol. The van der Waals surface area contributed by atoms with Gasteiger partial charge in [0.05, 0.1) is 11.2 Å². The Bertz CT molecular complexity index is 499. The molecule has 1 atom stereocenters. The zero-order valence-corrected chi connectivity index (χ0v) is 15.8. The van der Waals surface area contributed by atoms with Crippen molar-refractivity contribution in [2.75, 3.05) is 6.54 Å². The lowest BCUT2D eigenvalue weighted by Gasteiger charge is -2.32. The highest BCUT2D eigenvalue weighted by Crippen LogP contribution is 2.38. The van der Waals surface area contributed by atoms with Gasteiger partial charge in [-0.1, -0.05) is 0 Å². The lowest BCUT2D eigenvalue weighted by Crippen LogP contribution is -2.52. The van der Waals surface area contributed by atoms with Crippen LogP contribution in [0.25, 0.3) is 0 Å². The molecule has 2 aliphatic heterocycles. The van der Waals surface area contributed by atoms with E-state index in [2.05, 4.69) is 5.32 Å². The van der Waals surface area contributed by atoms with Crippen LogP contribution in [0.4, 0.5) is 4.79 Å². The summed E-state index contributed by atoms with van der Waals surface area (Å²) in [5.74, 6) is -0.00180. The summed E-state index contributed by atoms with van der Waals surface area (Å²) in [6, 6.07) is -0.121. The second-order valence-corrected chi connectivity index (χ2v) is 8.50. The highest BCUT2D eigenvalue weighted by Gasteiger charge is 2.56. The van der Waals surface area contributed by atoms with Gasteiger partial charge in [-0.15, -0.1) is 0 Å². The molecule has 7 nitrogen and oxygen atoms in total. The molecule has 0 aliphatic carbocycles. The quantitative estimate of drug-likeness (QED) is 0.796. The molecule has 8 heteroatoms. The van der Waals surface area contributed by atoms with E-state index in [-0.39, 0.29) is 18.5 Å². The van der Waals surface area contributed by atoms with Crippen molar-refractivity contribution in [3.05, 3.63) is 0 Å². The first-order valence-corrected chi connectivity index (χ1v) is 8.45. The van der Waals surface area contributed by atoms with E-state index in [1.165, 1.54) is 4.81 Å². The van der Waals surface area contributed by atoms with Crippen molar-refractivity contribution in [2.45, 2.75) is 84.2 Å².